The number of unbranched alkanes of at least 4 members (excludes halogenated alkanes) is 16. The van der Waals surface area contributed by atoms with Crippen LogP contribution in [0.25, 0.3) is 22.9 Å². The number of carbonyl (C=O) groups is 2. The summed E-state index contributed by atoms with van der Waals surface area (Å²) in [6, 6.07) is 22.4. The first-order chi connectivity index (χ1) is 39.0. The average Bonchev–Trinajstić information content (AvgIpc) is 4.15. The van der Waals surface area contributed by atoms with Crippen LogP contribution in [0, 0.1) is 0 Å². The van der Waals surface area contributed by atoms with E-state index in [2.05, 4.69) is 34.1 Å². The second-order valence-corrected chi connectivity index (χ2v) is 21.0. The molecule has 4 aromatic carbocycles. The van der Waals surface area contributed by atoms with Crippen molar-refractivity contribution in [3.63, 3.8) is 0 Å². The maximum atomic E-state index is 13.5. The molecule has 13 nitrogen and oxygen atoms in total. The molecule has 2 aromatic heterocycles. The highest BCUT2D eigenvalue weighted by Gasteiger charge is 2.32. The molecule has 6 aromatic rings. The summed E-state index contributed by atoms with van der Waals surface area (Å²) in [7, 11) is 0. The number of nitrogens with zero attached hydrogens (tertiary/aromatic N) is 6. The first-order valence-electron chi connectivity index (χ1n) is 28.7. The third kappa shape index (κ3) is 21.8. The normalized spacial score (nSPS) is 12.8. The summed E-state index contributed by atoms with van der Waals surface area (Å²) < 4.78 is 92.1. The maximum Gasteiger partial charge on any atom is 0.416 e. The zero-order chi connectivity index (χ0) is 58.0. The van der Waals surface area contributed by atoms with Crippen molar-refractivity contribution < 1.29 is 59.8 Å². The summed E-state index contributed by atoms with van der Waals surface area (Å²) in [5.41, 5.74) is 2.12. The number of hydrogen-bond donors (Lipinski definition) is 0. The summed E-state index contributed by atoms with van der Waals surface area (Å²) in [6.45, 7) is 7.21. The van der Waals surface area contributed by atoms with Crippen LogP contribution in [0.3, 0.4) is 0 Å². The second-order valence-electron chi connectivity index (χ2n) is 21.0. The van der Waals surface area contributed by atoms with Gasteiger partial charge < -0.3 is 9.05 Å². The van der Waals surface area contributed by atoms with E-state index < -0.39 is 60.6 Å². The van der Waals surface area contributed by atoms with Crippen molar-refractivity contribution in [2.75, 3.05) is 13.1 Å². The largest absolute Gasteiger partial charge is 0.416 e. The number of halogens is 6. The van der Waals surface area contributed by atoms with Gasteiger partial charge in [0.25, 0.3) is 11.8 Å². The molecular formula is C62H78F6N6O7. The van der Waals surface area contributed by atoms with Crippen LogP contribution >= 0.6 is 0 Å². The van der Waals surface area contributed by atoms with Crippen LogP contribution in [-0.4, -0.2) is 55.1 Å². The first-order valence-corrected chi connectivity index (χ1v) is 28.7. The molecule has 0 amide bonds. The lowest BCUT2D eigenvalue weighted by atomic mass is 10.0. The molecule has 0 N–H and O–H groups in total. The molecule has 0 saturated heterocycles. The fraction of sp³-hybridized carbons (Fsp3) is 0.516. The fourth-order valence-corrected chi connectivity index (χ4v) is 9.57. The van der Waals surface area contributed by atoms with Crippen molar-refractivity contribution in [1.82, 2.24) is 30.1 Å². The second kappa shape index (κ2) is 32.9. The van der Waals surface area contributed by atoms with E-state index in [4.69, 9.17) is 23.9 Å². The SMILES string of the molecule is CCCCCCCCCCCc1noc(-c2ccc(CN(CC(=O)OOOC(=O)CN(Cc3ccc(-c4nc(CCCCCCCCCCC)no4)cc3)[C@H](C)c3ccc(C(F)(F)F)cc3)[C@H](C)c3ccc(C(F)(F)F)cc3)cc2)n1. The first kappa shape index (κ1) is 63.7. The molecule has 0 radical (unpaired) electrons. The molecule has 0 aliphatic heterocycles. The summed E-state index contributed by atoms with van der Waals surface area (Å²) in [6.07, 6.45) is 13.9. The van der Waals surface area contributed by atoms with E-state index in [-0.39, 0.29) is 13.1 Å². The molecule has 6 rings (SSSR count). The number of aryl methyl sites for hydroxylation is 2. The van der Waals surface area contributed by atoms with Gasteiger partial charge in [0.15, 0.2) is 11.6 Å². The van der Waals surface area contributed by atoms with Crippen molar-refractivity contribution >= 4 is 11.9 Å². The van der Waals surface area contributed by atoms with Crippen molar-refractivity contribution in [2.24, 2.45) is 0 Å². The highest BCUT2D eigenvalue weighted by atomic mass is 19.4. The van der Waals surface area contributed by atoms with E-state index in [0.29, 0.717) is 58.5 Å². The number of carbonyl (C=O) groups excluding carboxylic acids is 2. The lowest BCUT2D eigenvalue weighted by Crippen LogP contribution is -2.34. The Morgan fingerprint density at radius 1 is 0.469 bits per heavy atom. The molecule has 0 aliphatic rings. The molecule has 0 spiro atoms. The molecule has 0 fully saturated rings. The van der Waals surface area contributed by atoms with Gasteiger partial charge in [0.1, 0.15) is 13.1 Å². The Bertz CT molecular complexity index is 2560. The predicted octanol–water partition coefficient (Wildman–Crippen LogP) is 16.7. The topological polar surface area (TPSA) is 146 Å². The van der Waals surface area contributed by atoms with Gasteiger partial charge in [0, 0.05) is 54.2 Å². The van der Waals surface area contributed by atoms with Gasteiger partial charge >= 0.3 is 24.3 Å². The summed E-state index contributed by atoms with van der Waals surface area (Å²) in [5.74, 6) is -0.00938. The van der Waals surface area contributed by atoms with Crippen LogP contribution in [0.5, 0.6) is 0 Å². The number of hydrogen-bond acceptors (Lipinski definition) is 13. The molecule has 0 aliphatic carbocycles. The van der Waals surface area contributed by atoms with Crippen molar-refractivity contribution in [1.29, 1.82) is 0 Å². The van der Waals surface area contributed by atoms with Gasteiger partial charge in [-0.3, -0.25) is 19.6 Å². The van der Waals surface area contributed by atoms with Gasteiger partial charge in [0.05, 0.1) is 11.1 Å². The molecule has 2 atom stereocenters. The van der Waals surface area contributed by atoms with Crippen LogP contribution in [0.2, 0.25) is 0 Å². The summed E-state index contributed by atoms with van der Waals surface area (Å²) in [4.78, 5) is 49.1. The van der Waals surface area contributed by atoms with Gasteiger partial charge in [-0.2, -0.15) is 36.3 Å². The van der Waals surface area contributed by atoms with Gasteiger partial charge in [-0.15, -0.1) is 0 Å². The lowest BCUT2D eigenvalue weighted by Gasteiger charge is -2.29. The fourth-order valence-electron chi connectivity index (χ4n) is 9.57. The minimum atomic E-state index is -4.55. The maximum absolute atomic E-state index is 13.5. The highest BCUT2D eigenvalue weighted by molar-refractivity contribution is 5.72. The Labute approximate surface area is 472 Å². The van der Waals surface area contributed by atoms with Gasteiger partial charge in [-0.05, 0) is 97.5 Å². The summed E-state index contributed by atoms with van der Waals surface area (Å²) in [5, 5.41) is 13.1. The van der Waals surface area contributed by atoms with Crippen LogP contribution in [0.4, 0.5) is 26.3 Å². The van der Waals surface area contributed by atoms with Gasteiger partial charge in [0.2, 0.25) is 0 Å². The minimum Gasteiger partial charge on any atom is -0.334 e. The number of aromatic nitrogens is 4. The standard InChI is InChI=1S/C62H78F6N6O7/c1-5-7-9-11-13-15-17-19-21-23-55-69-59(77-71-55)51-29-25-47(26-30-51)41-73(45(3)49-33-37-53(38-34-49)61(63,64)65)43-57(75)79-81-80-58(76)44-74(46(4)50-35-39-54(40-36-50)62(66,67)68)42-48-27-31-52(32-28-48)60-70-56(72-78-60)24-22-20-18-16-14-12-10-8-6-2/h25-40,45-46H,5-24,41-44H2,1-4H3/t45-,46-/m1/s1. The van der Waals surface area contributed by atoms with E-state index in [1.807, 2.05) is 24.3 Å². The Balaban J connectivity index is 1.05. The molecule has 81 heavy (non-hydrogen) atoms. The Hall–Kier alpha value is -6.44. The van der Waals surface area contributed by atoms with Gasteiger partial charge in [-0.25, -0.2) is 9.59 Å². The molecule has 0 saturated carbocycles. The molecule has 0 bridgehead atoms. The summed E-state index contributed by atoms with van der Waals surface area (Å²) >= 11 is 0. The average molecular weight is 1130 g/mol. The lowest BCUT2D eigenvalue weighted by molar-refractivity contribution is -0.459. The zero-order valence-electron chi connectivity index (χ0n) is 47.2. The Morgan fingerprint density at radius 2 is 0.790 bits per heavy atom. The minimum absolute atomic E-state index is 0.123. The Kier molecular flexibility index (Phi) is 25.9. The van der Waals surface area contributed by atoms with E-state index >= 15 is 0 Å². The molecule has 0 unspecified atom stereocenters. The highest BCUT2D eigenvalue weighted by Crippen LogP contribution is 2.33. The van der Waals surface area contributed by atoms with Crippen molar-refractivity contribution in [3.8, 4) is 22.9 Å². The van der Waals surface area contributed by atoms with E-state index in [1.54, 1.807) is 47.9 Å². The van der Waals surface area contributed by atoms with Gasteiger partial charge in [-0.1, -0.05) is 175 Å². The zero-order valence-corrected chi connectivity index (χ0v) is 47.2. The number of benzene rings is 4. The third-order valence-corrected chi connectivity index (χ3v) is 14.6. The van der Waals surface area contributed by atoms with Crippen LogP contribution in [-0.2, 0) is 62.7 Å². The number of alkyl halides is 6. The number of rotatable bonds is 36. The Morgan fingerprint density at radius 3 is 1.11 bits per heavy atom. The van der Waals surface area contributed by atoms with Crippen LogP contribution in [0.1, 0.15) is 200 Å². The monoisotopic (exact) mass is 1130 g/mol. The smallest absolute Gasteiger partial charge is 0.334 e. The molecular weight excluding hydrogens is 1050 g/mol. The predicted molar refractivity (Wildman–Crippen MR) is 295 cm³/mol. The molecule has 19 heteroatoms. The van der Waals surface area contributed by atoms with Crippen molar-refractivity contribution in [2.45, 2.75) is 194 Å². The van der Waals surface area contributed by atoms with Crippen molar-refractivity contribution in [3.05, 3.63) is 142 Å². The van der Waals surface area contributed by atoms with E-state index in [0.717, 1.165) is 61.1 Å². The van der Waals surface area contributed by atoms with Crippen LogP contribution in [0.15, 0.2) is 106 Å². The van der Waals surface area contributed by atoms with Crippen LogP contribution < -0.4 is 0 Å². The van der Waals surface area contributed by atoms with E-state index in [9.17, 15) is 35.9 Å². The van der Waals surface area contributed by atoms with E-state index in [1.165, 1.54) is 114 Å². The molecule has 440 valence electrons. The quantitative estimate of drug-likeness (QED) is 0.0159. The third-order valence-electron chi connectivity index (χ3n) is 14.6. The molecule has 2 heterocycles.